The SMILES string of the molecule is [CH2]C(C)(NC=O)C1CCCCC1. The van der Waals surface area contributed by atoms with Gasteiger partial charge in [0.05, 0.1) is 0 Å². The summed E-state index contributed by atoms with van der Waals surface area (Å²) in [5.74, 6) is 0.566. The van der Waals surface area contributed by atoms with Gasteiger partial charge in [-0.25, -0.2) is 0 Å². The van der Waals surface area contributed by atoms with Gasteiger partial charge in [0.2, 0.25) is 6.41 Å². The highest BCUT2D eigenvalue weighted by molar-refractivity contribution is 5.48. The molecule has 0 heterocycles. The van der Waals surface area contributed by atoms with Crippen LogP contribution in [-0.2, 0) is 4.79 Å². The van der Waals surface area contributed by atoms with Gasteiger partial charge >= 0.3 is 0 Å². The molecule has 1 aliphatic rings. The minimum absolute atomic E-state index is 0.248. The highest BCUT2D eigenvalue weighted by atomic mass is 16.1. The second-order valence-corrected chi connectivity index (χ2v) is 4.01. The van der Waals surface area contributed by atoms with Crippen molar-refractivity contribution in [2.45, 2.75) is 44.6 Å². The van der Waals surface area contributed by atoms with Crippen LogP contribution in [0.15, 0.2) is 0 Å². The molecule has 1 radical (unpaired) electrons. The molecule has 0 aromatic carbocycles. The van der Waals surface area contributed by atoms with Crippen LogP contribution < -0.4 is 5.32 Å². The van der Waals surface area contributed by atoms with Gasteiger partial charge in [-0.1, -0.05) is 19.3 Å². The molecule has 1 unspecified atom stereocenters. The van der Waals surface area contributed by atoms with Gasteiger partial charge in [-0.2, -0.15) is 0 Å². The smallest absolute Gasteiger partial charge is 0.207 e. The zero-order valence-corrected chi connectivity index (χ0v) is 7.81. The predicted molar refractivity (Wildman–Crippen MR) is 49.5 cm³/mol. The summed E-state index contributed by atoms with van der Waals surface area (Å²) < 4.78 is 0. The zero-order chi connectivity index (χ0) is 9.03. The molecule has 1 N–H and O–H groups in total. The van der Waals surface area contributed by atoms with Crippen LogP contribution in [0.2, 0.25) is 0 Å². The van der Waals surface area contributed by atoms with Crippen LogP contribution in [0.5, 0.6) is 0 Å². The van der Waals surface area contributed by atoms with Crippen molar-refractivity contribution in [1.29, 1.82) is 0 Å². The van der Waals surface area contributed by atoms with E-state index in [1.807, 2.05) is 6.92 Å². The summed E-state index contributed by atoms with van der Waals surface area (Å²) in [7, 11) is 0. The Morgan fingerprint density at radius 3 is 2.50 bits per heavy atom. The first-order chi connectivity index (χ1) is 5.67. The topological polar surface area (TPSA) is 29.1 Å². The first-order valence-electron chi connectivity index (χ1n) is 4.73. The quantitative estimate of drug-likeness (QED) is 0.641. The Morgan fingerprint density at radius 1 is 1.42 bits per heavy atom. The monoisotopic (exact) mass is 168 g/mol. The summed E-state index contributed by atoms with van der Waals surface area (Å²) in [6.07, 6.45) is 7.10. The van der Waals surface area contributed by atoms with Gasteiger partial charge in [-0.05, 0) is 32.6 Å². The van der Waals surface area contributed by atoms with Crippen LogP contribution in [0, 0.1) is 12.8 Å². The third-order valence-electron chi connectivity index (χ3n) is 2.89. The number of nitrogens with one attached hydrogen (secondary N) is 1. The highest BCUT2D eigenvalue weighted by Gasteiger charge is 2.29. The predicted octanol–water partition coefficient (Wildman–Crippen LogP) is 1.91. The van der Waals surface area contributed by atoms with Crippen molar-refractivity contribution >= 4 is 6.41 Å². The van der Waals surface area contributed by atoms with E-state index in [0.29, 0.717) is 5.92 Å². The second kappa shape index (κ2) is 3.92. The van der Waals surface area contributed by atoms with E-state index in [0.717, 1.165) is 6.41 Å². The minimum atomic E-state index is -0.248. The Kier molecular flexibility index (Phi) is 3.12. The fraction of sp³-hybridized carbons (Fsp3) is 0.800. The van der Waals surface area contributed by atoms with Crippen molar-refractivity contribution in [3.63, 3.8) is 0 Å². The molecule has 0 aliphatic heterocycles. The van der Waals surface area contributed by atoms with Crippen molar-refractivity contribution in [2.24, 2.45) is 5.92 Å². The van der Waals surface area contributed by atoms with Crippen molar-refractivity contribution in [2.75, 3.05) is 0 Å². The molecule has 0 aromatic heterocycles. The van der Waals surface area contributed by atoms with Gasteiger partial charge in [0.25, 0.3) is 0 Å². The molecule has 1 aliphatic carbocycles. The van der Waals surface area contributed by atoms with Crippen LogP contribution in [0.25, 0.3) is 0 Å². The molecule has 1 rings (SSSR count). The standard InChI is InChI=1S/C10H18NO/c1-10(2,11-8-12)9-6-4-3-5-7-9/h8-9H,1,3-7H2,2H3,(H,11,12). The Morgan fingerprint density at radius 2 is 2.00 bits per heavy atom. The van der Waals surface area contributed by atoms with Gasteiger partial charge in [0.1, 0.15) is 0 Å². The molecule has 2 heteroatoms. The minimum Gasteiger partial charge on any atom is -0.353 e. The first-order valence-corrected chi connectivity index (χ1v) is 4.73. The summed E-state index contributed by atoms with van der Waals surface area (Å²) in [5, 5.41) is 2.80. The Labute approximate surface area is 74.7 Å². The van der Waals surface area contributed by atoms with E-state index in [-0.39, 0.29) is 5.54 Å². The number of carbonyl (C=O) groups excluding carboxylic acids is 1. The average molecular weight is 168 g/mol. The van der Waals surface area contributed by atoms with Gasteiger partial charge in [-0.3, -0.25) is 4.79 Å². The van der Waals surface area contributed by atoms with E-state index in [9.17, 15) is 4.79 Å². The van der Waals surface area contributed by atoms with E-state index in [1.165, 1.54) is 32.1 Å². The van der Waals surface area contributed by atoms with Gasteiger partial charge in [0.15, 0.2) is 0 Å². The van der Waals surface area contributed by atoms with E-state index in [2.05, 4.69) is 12.2 Å². The molecule has 0 saturated heterocycles. The lowest BCUT2D eigenvalue weighted by atomic mass is 9.77. The van der Waals surface area contributed by atoms with Crippen molar-refractivity contribution in [3.05, 3.63) is 6.92 Å². The zero-order valence-electron chi connectivity index (χ0n) is 7.81. The maximum Gasteiger partial charge on any atom is 0.207 e. The third kappa shape index (κ3) is 2.23. The van der Waals surface area contributed by atoms with E-state index in [4.69, 9.17) is 0 Å². The van der Waals surface area contributed by atoms with Crippen LogP contribution in [0.3, 0.4) is 0 Å². The number of hydrogen-bond donors (Lipinski definition) is 1. The maximum atomic E-state index is 10.3. The van der Waals surface area contributed by atoms with Crippen LogP contribution in [0.4, 0.5) is 0 Å². The maximum absolute atomic E-state index is 10.3. The van der Waals surface area contributed by atoms with Crippen molar-refractivity contribution < 1.29 is 4.79 Å². The summed E-state index contributed by atoms with van der Waals surface area (Å²) in [5.41, 5.74) is -0.248. The van der Waals surface area contributed by atoms with E-state index in [1.54, 1.807) is 0 Å². The molecule has 1 saturated carbocycles. The molecule has 1 amide bonds. The fourth-order valence-electron chi connectivity index (χ4n) is 1.99. The van der Waals surface area contributed by atoms with Crippen molar-refractivity contribution in [1.82, 2.24) is 5.32 Å². The fourth-order valence-corrected chi connectivity index (χ4v) is 1.99. The summed E-state index contributed by atoms with van der Waals surface area (Å²) in [6, 6.07) is 0. The largest absolute Gasteiger partial charge is 0.353 e. The Hall–Kier alpha value is -0.530. The number of rotatable bonds is 3. The lowest BCUT2D eigenvalue weighted by Gasteiger charge is -2.36. The Bertz CT molecular complexity index is 148. The van der Waals surface area contributed by atoms with E-state index >= 15 is 0 Å². The molecule has 0 spiro atoms. The molecule has 0 bridgehead atoms. The van der Waals surface area contributed by atoms with Crippen LogP contribution in [-0.4, -0.2) is 11.9 Å². The lowest BCUT2D eigenvalue weighted by Crippen LogP contribution is -2.46. The number of amides is 1. The summed E-state index contributed by atoms with van der Waals surface area (Å²) in [4.78, 5) is 10.3. The third-order valence-corrected chi connectivity index (χ3v) is 2.89. The van der Waals surface area contributed by atoms with E-state index < -0.39 is 0 Å². The van der Waals surface area contributed by atoms with Gasteiger partial charge < -0.3 is 5.32 Å². The molecular formula is C10H18NO. The molecule has 1 atom stereocenters. The highest BCUT2D eigenvalue weighted by Crippen LogP contribution is 2.31. The summed E-state index contributed by atoms with van der Waals surface area (Å²) >= 11 is 0. The second-order valence-electron chi connectivity index (χ2n) is 4.01. The average Bonchev–Trinajstić information content (AvgIpc) is 2.06. The van der Waals surface area contributed by atoms with Crippen LogP contribution in [0.1, 0.15) is 39.0 Å². The van der Waals surface area contributed by atoms with Crippen LogP contribution >= 0.6 is 0 Å². The van der Waals surface area contributed by atoms with Crippen molar-refractivity contribution in [3.8, 4) is 0 Å². The molecule has 69 valence electrons. The summed E-state index contributed by atoms with van der Waals surface area (Å²) in [6.45, 7) is 6.05. The normalized spacial score (nSPS) is 20.5. The van der Waals surface area contributed by atoms with Gasteiger partial charge in [-0.15, -0.1) is 0 Å². The lowest BCUT2D eigenvalue weighted by molar-refractivity contribution is -0.111. The first kappa shape index (κ1) is 9.56. The molecular weight excluding hydrogens is 150 g/mol. The number of carbonyl (C=O) groups is 1. The Balaban J connectivity index is 2.47. The van der Waals surface area contributed by atoms with Gasteiger partial charge in [0, 0.05) is 5.54 Å². The molecule has 0 aromatic rings. The number of hydrogen-bond acceptors (Lipinski definition) is 1. The molecule has 12 heavy (non-hydrogen) atoms. The molecule has 2 nitrogen and oxygen atoms in total. The molecule has 1 fully saturated rings.